The van der Waals surface area contributed by atoms with Gasteiger partial charge in [-0.3, -0.25) is 9.59 Å². The number of ether oxygens (including phenoxy) is 1. The standard InChI is InChI=1S/C26H29F2N5O4/c1-12-21(26(36)33-19-9-16(8-18(19)28)32-25(35)13(2)34)23-24(31-12)22(29-11-30-23)17-7-15(27)5-6-20(17)37-10-14-3-4-14/h5-7,11,13-14,16,18-19,31,34H,3-4,8-10H2,1-2H3,(H,32,35)(H,33,36)/t13-,16-,18+,19+/m0/s1. The molecular formula is C26H29F2N5O4. The molecule has 2 aromatic heterocycles. The van der Waals surface area contributed by atoms with Crippen molar-refractivity contribution in [1.29, 1.82) is 0 Å². The first kappa shape index (κ1) is 25.1. The van der Waals surface area contributed by atoms with Crippen molar-refractivity contribution in [3.8, 4) is 17.0 Å². The molecule has 4 atom stereocenters. The summed E-state index contributed by atoms with van der Waals surface area (Å²) in [6.45, 7) is 3.57. The minimum Gasteiger partial charge on any atom is -0.493 e. The van der Waals surface area contributed by atoms with Gasteiger partial charge in [0.15, 0.2) is 0 Å². The Balaban J connectivity index is 1.40. The number of aromatic nitrogens is 3. The van der Waals surface area contributed by atoms with Crippen molar-refractivity contribution >= 4 is 22.8 Å². The first-order valence-electron chi connectivity index (χ1n) is 12.4. The number of hydrogen-bond acceptors (Lipinski definition) is 6. The number of aliphatic hydroxyl groups excluding tert-OH is 1. The first-order chi connectivity index (χ1) is 17.7. The molecule has 2 amide bonds. The monoisotopic (exact) mass is 513 g/mol. The maximum absolute atomic E-state index is 14.7. The highest BCUT2D eigenvalue weighted by molar-refractivity contribution is 6.09. The van der Waals surface area contributed by atoms with E-state index >= 15 is 0 Å². The van der Waals surface area contributed by atoms with Crippen LogP contribution in [0.25, 0.3) is 22.3 Å². The number of nitrogens with one attached hydrogen (secondary N) is 3. The minimum absolute atomic E-state index is 0.0335. The molecule has 37 heavy (non-hydrogen) atoms. The highest BCUT2D eigenvalue weighted by Crippen LogP contribution is 2.37. The summed E-state index contributed by atoms with van der Waals surface area (Å²) in [6, 6.07) is 2.92. The predicted molar refractivity (Wildman–Crippen MR) is 131 cm³/mol. The van der Waals surface area contributed by atoms with Gasteiger partial charge in [-0.15, -0.1) is 0 Å². The lowest BCUT2D eigenvalue weighted by Crippen LogP contribution is -2.41. The van der Waals surface area contributed by atoms with Gasteiger partial charge in [0.1, 0.15) is 41.4 Å². The van der Waals surface area contributed by atoms with Gasteiger partial charge in [-0.25, -0.2) is 18.7 Å². The Morgan fingerprint density at radius 1 is 1.24 bits per heavy atom. The number of aryl methyl sites for hydroxylation is 1. The molecular weight excluding hydrogens is 484 g/mol. The normalized spacial score (nSPS) is 22.1. The molecule has 2 heterocycles. The third kappa shape index (κ3) is 5.27. The second-order valence-electron chi connectivity index (χ2n) is 9.91. The van der Waals surface area contributed by atoms with E-state index in [0.717, 1.165) is 12.8 Å². The van der Waals surface area contributed by atoms with E-state index in [1.165, 1.54) is 25.4 Å². The van der Waals surface area contributed by atoms with Crippen LogP contribution >= 0.6 is 0 Å². The average molecular weight is 514 g/mol. The fourth-order valence-electron chi connectivity index (χ4n) is 4.72. The summed E-state index contributed by atoms with van der Waals surface area (Å²) in [7, 11) is 0. The number of nitrogens with zero attached hydrogens (tertiary/aromatic N) is 2. The number of aliphatic hydroxyl groups is 1. The zero-order chi connectivity index (χ0) is 26.3. The molecule has 5 rings (SSSR count). The minimum atomic E-state index is -1.36. The highest BCUT2D eigenvalue weighted by atomic mass is 19.1. The average Bonchev–Trinajstić information content (AvgIpc) is 3.53. The van der Waals surface area contributed by atoms with Gasteiger partial charge in [0.05, 0.1) is 23.7 Å². The smallest absolute Gasteiger partial charge is 0.255 e. The molecule has 0 aliphatic heterocycles. The number of carbonyl (C=O) groups is 2. The van der Waals surface area contributed by atoms with Gasteiger partial charge in [-0.2, -0.15) is 0 Å². The second-order valence-corrected chi connectivity index (χ2v) is 9.91. The van der Waals surface area contributed by atoms with Gasteiger partial charge >= 0.3 is 0 Å². The van der Waals surface area contributed by atoms with E-state index in [9.17, 15) is 23.5 Å². The number of carbonyl (C=O) groups excluding carboxylic acids is 2. The maximum Gasteiger partial charge on any atom is 0.255 e. The number of amides is 2. The van der Waals surface area contributed by atoms with Gasteiger partial charge in [0.2, 0.25) is 5.91 Å². The van der Waals surface area contributed by atoms with E-state index in [1.807, 2.05) is 0 Å². The Hall–Kier alpha value is -3.60. The number of alkyl halides is 1. The van der Waals surface area contributed by atoms with Crippen molar-refractivity contribution in [1.82, 2.24) is 25.6 Å². The first-order valence-corrected chi connectivity index (χ1v) is 12.4. The summed E-state index contributed by atoms with van der Waals surface area (Å²) in [4.78, 5) is 36.8. The fraction of sp³-hybridized carbons (Fsp3) is 0.462. The molecule has 2 aliphatic carbocycles. The summed E-state index contributed by atoms with van der Waals surface area (Å²) < 4.78 is 34.9. The lowest BCUT2D eigenvalue weighted by Gasteiger charge is -2.16. The van der Waals surface area contributed by atoms with E-state index in [-0.39, 0.29) is 18.4 Å². The topological polar surface area (TPSA) is 129 Å². The Bertz CT molecular complexity index is 1340. The number of aromatic amines is 1. The van der Waals surface area contributed by atoms with Gasteiger partial charge in [-0.05, 0) is 57.2 Å². The van der Waals surface area contributed by atoms with Crippen LogP contribution in [0, 0.1) is 18.7 Å². The van der Waals surface area contributed by atoms with Crippen LogP contribution in [-0.2, 0) is 4.79 Å². The third-order valence-corrected chi connectivity index (χ3v) is 6.89. The molecule has 1 aromatic carbocycles. The molecule has 0 radical (unpaired) electrons. The highest BCUT2D eigenvalue weighted by Gasteiger charge is 2.37. The number of benzene rings is 1. The van der Waals surface area contributed by atoms with Crippen molar-refractivity contribution in [3.05, 3.63) is 41.6 Å². The number of fused-ring (bicyclic) bond motifs is 1. The van der Waals surface area contributed by atoms with E-state index in [0.29, 0.717) is 46.3 Å². The summed E-state index contributed by atoms with van der Waals surface area (Å²) in [5, 5.41) is 14.7. The van der Waals surface area contributed by atoms with Crippen LogP contribution in [0.5, 0.6) is 5.75 Å². The van der Waals surface area contributed by atoms with Gasteiger partial charge in [-0.1, -0.05) is 0 Å². The Kier molecular flexibility index (Phi) is 6.80. The lowest BCUT2D eigenvalue weighted by molar-refractivity contribution is -0.129. The van der Waals surface area contributed by atoms with Crippen LogP contribution in [-0.4, -0.2) is 62.8 Å². The molecule has 11 heteroatoms. The van der Waals surface area contributed by atoms with Crippen LogP contribution in [0.15, 0.2) is 24.5 Å². The second kappa shape index (κ2) is 10.0. The van der Waals surface area contributed by atoms with E-state index < -0.39 is 42.0 Å². The molecule has 4 N–H and O–H groups in total. The number of hydrogen-bond donors (Lipinski definition) is 4. The molecule has 2 fully saturated rings. The zero-order valence-electron chi connectivity index (χ0n) is 20.6. The van der Waals surface area contributed by atoms with Crippen molar-refractivity contribution in [3.63, 3.8) is 0 Å². The molecule has 0 bridgehead atoms. The van der Waals surface area contributed by atoms with Crippen LogP contribution in [0.2, 0.25) is 0 Å². The Morgan fingerprint density at radius 2 is 2.03 bits per heavy atom. The molecule has 2 aliphatic rings. The molecule has 2 saturated carbocycles. The Labute approximate surface area is 212 Å². The van der Waals surface area contributed by atoms with Crippen molar-refractivity contribution in [2.75, 3.05) is 6.61 Å². The SMILES string of the molecule is Cc1[nH]c2c(-c3cc(F)ccc3OCC3CC3)ncnc2c1C(=O)N[C@@H]1C[C@@H](NC(=O)[C@H](C)O)C[C@H]1F. The molecule has 0 saturated heterocycles. The van der Waals surface area contributed by atoms with Crippen molar-refractivity contribution in [2.24, 2.45) is 5.92 Å². The summed E-state index contributed by atoms with van der Waals surface area (Å²) in [5.74, 6) is -0.565. The summed E-state index contributed by atoms with van der Waals surface area (Å²) in [5.41, 5.74) is 2.33. The largest absolute Gasteiger partial charge is 0.493 e. The fourth-order valence-corrected chi connectivity index (χ4v) is 4.72. The number of H-pyrrole nitrogens is 1. The molecule has 0 spiro atoms. The summed E-state index contributed by atoms with van der Waals surface area (Å²) in [6.07, 6.45) is 1.18. The van der Waals surface area contributed by atoms with Gasteiger partial charge in [0, 0.05) is 23.7 Å². The lowest BCUT2D eigenvalue weighted by atomic mass is 10.1. The predicted octanol–water partition coefficient (Wildman–Crippen LogP) is 2.96. The van der Waals surface area contributed by atoms with E-state index in [4.69, 9.17) is 4.74 Å². The van der Waals surface area contributed by atoms with Crippen molar-refractivity contribution in [2.45, 2.75) is 63.9 Å². The molecule has 196 valence electrons. The third-order valence-electron chi connectivity index (χ3n) is 6.89. The summed E-state index contributed by atoms with van der Waals surface area (Å²) >= 11 is 0. The molecule has 9 nitrogen and oxygen atoms in total. The van der Waals surface area contributed by atoms with E-state index in [1.54, 1.807) is 13.0 Å². The van der Waals surface area contributed by atoms with Crippen LogP contribution in [0.1, 0.15) is 48.7 Å². The molecule has 3 aromatic rings. The maximum atomic E-state index is 14.7. The molecule has 0 unspecified atom stereocenters. The van der Waals surface area contributed by atoms with Gasteiger partial charge in [0.25, 0.3) is 5.91 Å². The van der Waals surface area contributed by atoms with Crippen LogP contribution < -0.4 is 15.4 Å². The number of rotatable bonds is 8. The Morgan fingerprint density at radius 3 is 2.76 bits per heavy atom. The number of halogens is 2. The van der Waals surface area contributed by atoms with Crippen LogP contribution in [0.3, 0.4) is 0 Å². The quantitative estimate of drug-likeness (QED) is 0.367. The van der Waals surface area contributed by atoms with E-state index in [2.05, 4.69) is 25.6 Å². The van der Waals surface area contributed by atoms with Gasteiger partial charge < -0.3 is 25.5 Å². The van der Waals surface area contributed by atoms with Crippen molar-refractivity contribution < 1.29 is 28.2 Å². The van der Waals surface area contributed by atoms with Crippen LogP contribution in [0.4, 0.5) is 8.78 Å². The zero-order valence-corrected chi connectivity index (χ0v) is 20.6.